The molecule has 0 bridgehead atoms. The van der Waals surface area contributed by atoms with E-state index in [1.54, 1.807) is 4.90 Å². The molecule has 3 aliphatic rings. The maximum Gasteiger partial charge on any atom is 0.490 e. The Hall–Kier alpha value is -2.14. The highest BCUT2D eigenvalue weighted by Gasteiger charge is 2.49. The number of β-amino-alcohol motifs (C(OH)–C–C–N with tert-alkyl or cyclic N) is 1. The number of carbonyl (C=O) groups is 3. The van der Waals surface area contributed by atoms with Gasteiger partial charge in [0.2, 0.25) is 5.91 Å². The Balaban J connectivity index is 0.000000451. The molecule has 1 atom stereocenters. The van der Waals surface area contributed by atoms with E-state index in [0.29, 0.717) is 45.3 Å². The normalized spacial score (nSPS) is 26.1. The lowest BCUT2D eigenvalue weighted by atomic mass is 9.75. The predicted molar refractivity (Wildman–Crippen MR) is 108 cm³/mol. The van der Waals surface area contributed by atoms with Gasteiger partial charge in [-0.2, -0.15) is 13.2 Å². The Morgan fingerprint density at radius 3 is 1.91 bits per heavy atom. The molecular weight excluding hydrogens is 433 g/mol. The first-order valence-electron chi connectivity index (χ1n) is 10.8. The van der Waals surface area contributed by atoms with Crippen LogP contribution in [0.2, 0.25) is 0 Å². The molecule has 0 aromatic carbocycles. The van der Waals surface area contributed by atoms with E-state index in [1.165, 1.54) is 19.3 Å². The van der Waals surface area contributed by atoms with Crippen LogP contribution in [0.3, 0.4) is 0 Å². The average molecular weight is 464 g/mol. The molecule has 2 aliphatic heterocycles. The van der Waals surface area contributed by atoms with E-state index in [4.69, 9.17) is 9.90 Å². The van der Waals surface area contributed by atoms with Crippen molar-refractivity contribution in [2.45, 2.75) is 63.1 Å². The van der Waals surface area contributed by atoms with E-state index >= 15 is 0 Å². The van der Waals surface area contributed by atoms with Crippen LogP contribution in [0.5, 0.6) is 0 Å². The third-order valence-corrected chi connectivity index (χ3v) is 6.38. The van der Waals surface area contributed by atoms with Gasteiger partial charge in [-0.25, -0.2) is 4.79 Å². The van der Waals surface area contributed by atoms with E-state index in [9.17, 15) is 33.0 Å². The Bertz CT molecular complexity index is 713. The van der Waals surface area contributed by atoms with Crippen LogP contribution in [0.25, 0.3) is 0 Å². The molecule has 11 heteroatoms. The molecule has 32 heavy (non-hydrogen) atoms. The second-order valence-electron chi connectivity index (χ2n) is 8.76. The van der Waals surface area contributed by atoms with Crippen molar-refractivity contribution in [1.82, 2.24) is 9.80 Å². The van der Waals surface area contributed by atoms with Gasteiger partial charge in [-0.1, -0.05) is 18.6 Å². The molecule has 2 saturated heterocycles. The summed E-state index contributed by atoms with van der Waals surface area (Å²) in [5.74, 6) is -4.05. The number of allylic oxidation sites excluding steroid dienone is 2. The zero-order valence-corrected chi connectivity index (χ0v) is 17.9. The van der Waals surface area contributed by atoms with E-state index in [2.05, 4.69) is 4.90 Å². The largest absolute Gasteiger partial charge is 0.490 e. The number of aliphatic carboxylic acids is 2. The lowest BCUT2D eigenvalue weighted by Crippen LogP contribution is -2.56. The zero-order valence-electron chi connectivity index (χ0n) is 17.9. The molecule has 2 fully saturated rings. The first kappa shape index (κ1) is 26.1. The van der Waals surface area contributed by atoms with Crippen LogP contribution in [0.1, 0.15) is 51.4 Å². The fraction of sp³-hybridized carbons (Fsp3) is 0.762. The van der Waals surface area contributed by atoms with Crippen LogP contribution in [-0.4, -0.2) is 87.5 Å². The lowest BCUT2D eigenvalue weighted by Gasteiger charge is -2.44. The highest BCUT2D eigenvalue weighted by Crippen LogP contribution is 2.37. The molecule has 0 spiro atoms. The van der Waals surface area contributed by atoms with Crippen LogP contribution in [-0.2, 0) is 14.4 Å². The number of aliphatic hydroxyl groups is 1. The van der Waals surface area contributed by atoms with Gasteiger partial charge in [-0.15, -0.1) is 0 Å². The Morgan fingerprint density at radius 1 is 0.906 bits per heavy atom. The highest BCUT2D eigenvalue weighted by atomic mass is 19.4. The number of alkyl halides is 3. The second-order valence-corrected chi connectivity index (χ2v) is 8.76. The fourth-order valence-corrected chi connectivity index (χ4v) is 4.43. The molecule has 2 heterocycles. The quantitative estimate of drug-likeness (QED) is 0.431. The van der Waals surface area contributed by atoms with Gasteiger partial charge in [0.15, 0.2) is 0 Å². The molecule has 0 saturated carbocycles. The van der Waals surface area contributed by atoms with Crippen molar-refractivity contribution in [3.63, 3.8) is 0 Å². The number of amides is 1. The van der Waals surface area contributed by atoms with Crippen LogP contribution in [0, 0.1) is 5.41 Å². The Morgan fingerprint density at radius 2 is 1.47 bits per heavy atom. The summed E-state index contributed by atoms with van der Waals surface area (Å²) in [5.41, 5.74) is -2.06. The van der Waals surface area contributed by atoms with Gasteiger partial charge in [0.05, 0.1) is 5.60 Å². The van der Waals surface area contributed by atoms with Crippen molar-refractivity contribution >= 4 is 17.8 Å². The van der Waals surface area contributed by atoms with Gasteiger partial charge in [0.1, 0.15) is 5.41 Å². The van der Waals surface area contributed by atoms with E-state index in [1.807, 2.05) is 12.2 Å². The molecule has 1 aliphatic carbocycles. The summed E-state index contributed by atoms with van der Waals surface area (Å²) in [6.07, 6.45) is 4.65. The summed E-state index contributed by atoms with van der Waals surface area (Å²) >= 11 is 0. The first-order valence-corrected chi connectivity index (χ1v) is 10.8. The minimum atomic E-state index is -5.08. The fourth-order valence-electron chi connectivity index (χ4n) is 4.43. The topological polar surface area (TPSA) is 118 Å². The second kappa shape index (κ2) is 10.7. The van der Waals surface area contributed by atoms with Crippen molar-refractivity contribution in [3.05, 3.63) is 12.2 Å². The summed E-state index contributed by atoms with van der Waals surface area (Å²) in [5, 5.41) is 27.7. The average Bonchev–Trinajstić information content (AvgIpc) is 2.74. The number of carbonyl (C=O) groups excluding carboxylic acids is 1. The van der Waals surface area contributed by atoms with E-state index in [0.717, 1.165) is 13.1 Å². The molecule has 182 valence electrons. The summed E-state index contributed by atoms with van der Waals surface area (Å²) in [6.45, 7) is 3.64. The molecule has 0 aromatic heterocycles. The van der Waals surface area contributed by atoms with E-state index < -0.39 is 29.1 Å². The maximum atomic E-state index is 12.9. The number of likely N-dealkylation sites (tertiary alicyclic amines) is 2. The number of piperidine rings is 2. The number of rotatable bonds is 4. The molecule has 0 radical (unpaired) electrons. The van der Waals surface area contributed by atoms with Crippen LogP contribution >= 0.6 is 0 Å². The highest BCUT2D eigenvalue weighted by molar-refractivity contribution is 6.02. The smallest absolute Gasteiger partial charge is 0.480 e. The molecular formula is C21H31F3N2O6. The number of nitrogens with zero attached hydrogens (tertiary/aromatic N) is 2. The van der Waals surface area contributed by atoms with Crippen molar-refractivity contribution in [1.29, 1.82) is 0 Å². The lowest BCUT2D eigenvalue weighted by molar-refractivity contribution is -0.192. The summed E-state index contributed by atoms with van der Waals surface area (Å²) in [6, 6.07) is 0. The standard InChI is InChI=1S/C19H30N2O4.C2HF3O2/c22-16(19(17(23)24)7-3-1-4-8-19)21-13-9-18(25,10-14-21)15-20-11-5-2-6-12-20;3-2(4,5)1(6)7/h1,3,25H,2,4-15H2,(H,23,24);(H,6,7). The van der Waals surface area contributed by atoms with Gasteiger partial charge in [0.25, 0.3) is 0 Å². The number of hydrogen-bond donors (Lipinski definition) is 3. The van der Waals surface area contributed by atoms with Crippen molar-refractivity contribution < 1.29 is 42.9 Å². The van der Waals surface area contributed by atoms with Crippen LogP contribution < -0.4 is 0 Å². The number of halogens is 3. The Kier molecular flexibility index (Phi) is 8.69. The third kappa shape index (κ3) is 6.68. The van der Waals surface area contributed by atoms with Crippen molar-refractivity contribution in [2.24, 2.45) is 5.41 Å². The van der Waals surface area contributed by atoms with E-state index in [-0.39, 0.29) is 12.3 Å². The van der Waals surface area contributed by atoms with Gasteiger partial charge < -0.3 is 25.1 Å². The summed E-state index contributed by atoms with van der Waals surface area (Å²) in [4.78, 5) is 37.6. The van der Waals surface area contributed by atoms with Gasteiger partial charge in [0, 0.05) is 19.6 Å². The van der Waals surface area contributed by atoms with Crippen LogP contribution in [0.4, 0.5) is 13.2 Å². The maximum absolute atomic E-state index is 12.9. The number of carboxylic acid groups (broad SMARTS) is 2. The Labute approximate surface area is 184 Å². The predicted octanol–water partition coefficient (Wildman–Crippen LogP) is 2.27. The number of hydrogen-bond acceptors (Lipinski definition) is 5. The molecule has 3 N–H and O–H groups in total. The van der Waals surface area contributed by atoms with Crippen LogP contribution in [0.15, 0.2) is 12.2 Å². The zero-order chi connectivity index (χ0) is 24.0. The summed E-state index contributed by atoms with van der Waals surface area (Å²) < 4.78 is 31.7. The summed E-state index contributed by atoms with van der Waals surface area (Å²) in [7, 11) is 0. The minimum Gasteiger partial charge on any atom is -0.480 e. The van der Waals surface area contributed by atoms with Crippen molar-refractivity contribution in [3.8, 4) is 0 Å². The van der Waals surface area contributed by atoms with Gasteiger partial charge >= 0.3 is 18.1 Å². The molecule has 0 aromatic rings. The SMILES string of the molecule is O=C(O)C(F)(F)F.O=C(O)C1(C(=O)N2CCC(O)(CN3CCCCC3)CC2)CC=CCC1. The van der Waals surface area contributed by atoms with Gasteiger partial charge in [-0.3, -0.25) is 9.59 Å². The first-order chi connectivity index (χ1) is 14.9. The molecule has 3 rings (SSSR count). The monoisotopic (exact) mass is 464 g/mol. The molecule has 1 unspecified atom stereocenters. The number of carboxylic acids is 2. The molecule has 8 nitrogen and oxygen atoms in total. The van der Waals surface area contributed by atoms with Gasteiger partial charge in [-0.05, 0) is 58.0 Å². The third-order valence-electron chi connectivity index (χ3n) is 6.38. The van der Waals surface area contributed by atoms with Crippen molar-refractivity contribution in [2.75, 3.05) is 32.7 Å². The molecule has 1 amide bonds. The minimum absolute atomic E-state index is 0.274.